The number of para-hydroxylation sites is 1. The van der Waals surface area contributed by atoms with Gasteiger partial charge in [-0.25, -0.2) is 0 Å². The number of anilines is 1. The topological polar surface area (TPSA) is 64.3 Å². The summed E-state index contributed by atoms with van der Waals surface area (Å²) >= 11 is 5.92. The highest BCUT2D eigenvalue weighted by molar-refractivity contribution is 6.31. The summed E-state index contributed by atoms with van der Waals surface area (Å²) < 4.78 is 5.17. The lowest BCUT2D eigenvalue weighted by atomic mass is 10.1. The van der Waals surface area contributed by atoms with Gasteiger partial charge in [0.25, 0.3) is 5.91 Å². The van der Waals surface area contributed by atoms with Crippen LogP contribution < -0.4 is 15.8 Å². The van der Waals surface area contributed by atoms with E-state index in [1.165, 1.54) is 7.11 Å². The van der Waals surface area contributed by atoms with Crippen molar-refractivity contribution in [2.24, 2.45) is 5.73 Å². The first kappa shape index (κ1) is 14.4. The average Bonchev–Trinajstić information content (AvgIpc) is 2.47. The second kappa shape index (κ2) is 6.41. The van der Waals surface area contributed by atoms with Crippen LogP contribution in [0.15, 0.2) is 42.5 Å². The average molecular weight is 291 g/mol. The third-order valence-corrected chi connectivity index (χ3v) is 3.13. The van der Waals surface area contributed by atoms with Crippen LogP contribution >= 0.6 is 11.6 Å². The summed E-state index contributed by atoms with van der Waals surface area (Å²) in [6.07, 6.45) is 0. The van der Waals surface area contributed by atoms with Crippen LogP contribution in [0.3, 0.4) is 0 Å². The van der Waals surface area contributed by atoms with E-state index in [1.807, 2.05) is 18.2 Å². The molecule has 3 N–H and O–H groups in total. The number of amides is 1. The molecule has 0 fully saturated rings. The van der Waals surface area contributed by atoms with E-state index >= 15 is 0 Å². The van der Waals surface area contributed by atoms with Gasteiger partial charge in [0.15, 0.2) is 0 Å². The monoisotopic (exact) mass is 290 g/mol. The second-order valence-corrected chi connectivity index (χ2v) is 4.60. The fraction of sp³-hybridized carbons (Fsp3) is 0.133. The zero-order valence-corrected chi connectivity index (χ0v) is 11.8. The quantitative estimate of drug-likeness (QED) is 0.909. The maximum absolute atomic E-state index is 12.3. The van der Waals surface area contributed by atoms with Gasteiger partial charge in [-0.15, -0.1) is 0 Å². The van der Waals surface area contributed by atoms with Crippen LogP contribution in [-0.2, 0) is 6.54 Å². The van der Waals surface area contributed by atoms with Crippen molar-refractivity contribution in [3.8, 4) is 5.75 Å². The number of ether oxygens (including phenoxy) is 1. The number of carbonyl (C=O) groups excluding carboxylic acids is 1. The van der Waals surface area contributed by atoms with E-state index in [2.05, 4.69) is 5.32 Å². The van der Waals surface area contributed by atoms with E-state index in [-0.39, 0.29) is 5.91 Å². The molecule has 104 valence electrons. The van der Waals surface area contributed by atoms with Crippen molar-refractivity contribution in [1.82, 2.24) is 0 Å². The number of rotatable bonds is 4. The van der Waals surface area contributed by atoms with Gasteiger partial charge in [0.05, 0.1) is 12.7 Å². The summed E-state index contributed by atoms with van der Waals surface area (Å²) in [5.41, 5.74) is 7.57. The van der Waals surface area contributed by atoms with Crippen LogP contribution in [0, 0.1) is 0 Å². The van der Waals surface area contributed by atoms with Crippen LogP contribution in [0.5, 0.6) is 5.75 Å². The normalized spacial score (nSPS) is 10.2. The Hall–Kier alpha value is -2.04. The summed E-state index contributed by atoms with van der Waals surface area (Å²) in [7, 11) is 1.51. The molecule has 4 nitrogen and oxygen atoms in total. The highest BCUT2D eigenvalue weighted by atomic mass is 35.5. The van der Waals surface area contributed by atoms with Crippen molar-refractivity contribution in [2.45, 2.75) is 6.54 Å². The molecule has 5 heteroatoms. The van der Waals surface area contributed by atoms with Crippen LogP contribution in [0.1, 0.15) is 15.9 Å². The Morgan fingerprint density at radius 3 is 2.75 bits per heavy atom. The van der Waals surface area contributed by atoms with E-state index in [0.717, 1.165) is 5.56 Å². The minimum absolute atomic E-state index is 0.287. The number of methoxy groups -OCH3 is 1. The molecule has 0 radical (unpaired) electrons. The standard InChI is InChI=1S/C15H15ClN2O2/c1-20-14-7-6-11(16)8-12(14)15(19)18-13-5-3-2-4-10(13)9-17/h2-8H,9,17H2,1H3,(H,18,19). The van der Waals surface area contributed by atoms with Gasteiger partial charge >= 0.3 is 0 Å². The number of hydrogen-bond donors (Lipinski definition) is 2. The maximum Gasteiger partial charge on any atom is 0.259 e. The molecule has 20 heavy (non-hydrogen) atoms. The fourth-order valence-electron chi connectivity index (χ4n) is 1.87. The van der Waals surface area contributed by atoms with Gasteiger partial charge < -0.3 is 15.8 Å². The number of benzene rings is 2. The number of hydrogen-bond acceptors (Lipinski definition) is 3. The molecule has 0 aliphatic rings. The first-order valence-corrected chi connectivity index (χ1v) is 6.46. The van der Waals surface area contributed by atoms with Gasteiger partial charge in [-0.2, -0.15) is 0 Å². The maximum atomic E-state index is 12.3. The Morgan fingerprint density at radius 2 is 2.05 bits per heavy atom. The molecule has 0 unspecified atom stereocenters. The van der Waals surface area contributed by atoms with Gasteiger partial charge in [-0.05, 0) is 29.8 Å². The lowest BCUT2D eigenvalue weighted by Crippen LogP contribution is -2.15. The van der Waals surface area contributed by atoms with Crippen molar-refractivity contribution in [2.75, 3.05) is 12.4 Å². The third-order valence-electron chi connectivity index (χ3n) is 2.89. The van der Waals surface area contributed by atoms with Gasteiger partial charge in [-0.3, -0.25) is 4.79 Å². The van der Waals surface area contributed by atoms with Crippen LogP contribution in [0.4, 0.5) is 5.69 Å². The van der Waals surface area contributed by atoms with Crippen LogP contribution in [0.2, 0.25) is 5.02 Å². The van der Waals surface area contributed by atoms with Crippen LogP contribution in [0.25, 0.3) is 0 Å². The first-order valence-electron chi connectivity index (χ1n) is 6.08. The lowest BCUT2D eigenvalue weighted by molar-refractivity contribution is 0.102. The van der Waals surface area contributed by atoms with Gasteiger partial charge in [0, 0.05) is 17.3 Å². The summed E-state index contributed by atoms with van der Waals surface area (Å²) in [6.45, 7) is 0.350. The van der Waals surface area contributed by atoms with E-state index < -0.39 is 0 Å². The summed E-state index contributed by atoms with van der Waals surface area (Å²) in [5, 5.41) is 3.30. The Balaban J connectivity index is 2.30. The van der Waals surface area contributed by atoms with Gasteiger partial charge in [0.2, 0.25) is 0 Å². The number of halogens is 1. The lowest BCUT2D eigenvalue weighted by Gasteiger charge is -2.12. The molecule has 2 aromatic carbocycles. The molecule has 2 aromatic rings. The molecule has 0 aliphatic heterocycles. The fourth-order valence-corrected chi connectivity index (χ4v) is 2.04. The zero-order valence-electron chi connectivity index (χ0n) is 11.0. The van der Waals surface area contributed by atoms with E-state index in [4.69, 9.17) is 22.1 Å². The van der Waals surface area contributed by atoms with Crippen molar-refractivity contribution >= 4 is 23.2 Å². The Kier molecular flexibility index (Phi) is 4.61. The Labute approximate surface area is 122 Å². The molecule has 0 aromatic heterocycles. The van der Waals surface area contributed by atoms with Gasteiger partial charge in [-0.1, -0.05) is 29.8 Å². The summed E-state index contributed by atoms with van der Waals surface area (Å²) in [6, 6.07) is 12.3. The molecule has 0 aliphatic carbocycles. The predicted octanol–water partition coefficient (Wildman–Crippen LogP) is 3.06. The molecular weight excluding hydrogens is 276 g/mol. The molecule has 0 spiro atoms. The smallest absolute Gasteiger partial charge is 0.259 e. The highest BCUT2D eigenvalue weighted by Gasteiger charge is 2.14. The molecule has 2 rings (SSSR count). The molecule has 0 saturated carbocycles. The SMILES string of the molecule is COc1ccc(Cl)cc1C(=O)Nc1ccccc1CN. The molecular formula is C15H15ClN2O2. The Bertz CT molecular complexity index is 629. The minimum atomic E-state index is -0.287. The highest BCUT2D eigenvalue weighted by Crippen LogP contribution is 2.24. The van der Waals surface area contributed by atoms with Crippen LogP contribution in [-0.4, -0.2) is 13.0 Å². The number of nitrogens with one attached hydrogen (secondary N) is 1. The minimum Gasteiger partial charge on any atom is -0.496 e. The molecule has 0 bridgehead atoms. The van der Waals surface area contributed by atoms with E-state index in [9.17, 15) is 4.79 Å². The van der Waals surface area contributed by atoms with Gasteiger partial charge in [0.1, 0.15) is 5.75 Å². The number of carbonyl (C=O) groups is 1. The zero-order chi connectivity index (χ0) is 14.5. The molecule has 1 amide bonds. The second-order valence-electron chi connectivity index (χ2n) is 4.16. The molecule has 0 saturated heterocycles. The Morgan fingerprint density at radius 1 is 1.30 bits per heavy atom. The van der Waals surface area contributed by atoms with Crippen molar-refractivity contribution in [3.05, 3.63) is 58.6 Å². The molecule has 0 atom stereocenters. The van der Waals surface area contributed by atoms with E-state index in [0.29, 0.717) is 28.6 Å². The third kappa shape index (κ3) is 3.10. The van der Waals surface area contributed by atoms with E-state index in [1.54, 1.807) is 24.3 Å². The first-order chi connectivity index (χ1) is 9.65. The van der Waals surface area contributed by atoms with Crippen molar-refractivity contribution in [3.63, 3.8) is 0 Å². The largest absolute Gasteiger partial charge is 0.496 e. The summed E-state index contributed by atoms with van der Waals surface area (Å²) in [5.74, 6) is 0.183. The van der Waals surface area contributed by atoms with Crippen molar-refractivity contribution < 1.29 is 9.53 Å². The number of nitrogens with two attached hydrogens (primary N) is 1. The molecule has 0 heterocycles. The predicted molar refractivity (Wildman–Crippen MR) is 80.3 cm³/mol. The summed E-state index contributed by atoms with van der Waals surface area (Å²) in [4.78, 5) is 12.3. The van der Waals surface area contributed by atoms with Crippen molar-refractivity contribution in [1.29, 1.82) is 0 Å².